The van der Waals surface area contributed by atoms with E-state index in [0.29, 0.717) is 0 Å². The van der Waals surface area contributed by atoms with Crippen LogP contribution in [0, 0.1) is 0 Å². The average molecular weight is 285 g/mol. The molecule has 2 heterocycles. The Morgan fingerprint density at radius 2 is 1.89 bits per heavy atom. The number of thioether (sulfide) groups is 1. The van der Waals surface area contributed by atoms with Crippen molar-refractivity contribution in [2.24, 2.45) is 0 Å². The van der Waals surface area contributed by atoms with Crippen LogP contribution in [-0.2, 0) is 0 Å². The molecule has 0 aliphatic rings. The smallest absolute Gasteiger partial charge is 0.187 e. The molecule has 0 unspecified atom stereocenters. The highest BCUT2D eigenvalue weighted by Crippen LogP contribution is 2.33. The second kappa shape index (κ2) is 5.50. The summed E-state index contributed by atoms with van der Waals surface area (Å²) in [5, 5.41) is 0.782. The maximum Gasteiger partial charge on any atom is 0.187 e. The molecule has 3 rings (SSSR count). The highest BCUT2D eigenvalue weighted by Gasteiger charge is 2.12. The summed E-state index contributed by atoms with van der Waals surface area (Å²) in [6, 6.07) is 12.1. The molecule has 3 aromatic rings. The van der Waals surface area contributed by atoms with Gasteiger partial charge < -0.3 is 0 Å². The van der Waals surface area contributed by atoms with Crippen molar-refractivity contribution in [3.8, 4) is 21.8 Å². The van der Waals surface area contributed by atoms with Crippen LogP contribution in [0.4, 0.5) is 0 Å². The molecular weight excluding hydrogens is 274 g/mol. The number of thiazole rings is 1. The molecule has 0 atom stereocenters. The van der Waals surface area contributed by atoms with E-state index in [4.69, 9.17) is 0 Å². The molecule has 0 saturated heterocycles. The van der Waals surface area contributed by atoms with E-state index in [-0.39, 0.29) is 0 Å². The van der Waals surface area contributed by atoms with Gasteiger partial charge in [-0.15, -0.1) is 11.3 Å². The number of hydrogen-bond acceptors (Lipinski definition) is 5. The summed E-state index contributed by atoms with van der Waals surface area (Å²) in [4.78, 5) is 14.3. The van der Waals surface area contributed by atoms with E-state index in [1.54, 1.807) is 29.3 Å². The zero-order valence-corrected chi connectivity index (χ0v) is 11.9. The summed E-state index contributed by atoms with van der Waals surface area (Å²) in [5.74, 6) is 0. The zero-order valence-electron chi connectivity index (χ0n) is 10.3. The number of nitrogens with zero attached hydrogens (tertiary/aromatic N) is 3. The van der Waals surface area contributed by atoms with Crippen molar-refractivity contribution in [1.29, 1.82) is 0 Å². The van der Waals surface area contributed by atoms with E-state index >= 15 is 0 Å². The van der Waals surface area contributed by atoms with Crippen LogP contribution in [0.3, 0.4) is 0 Å². The van der Waals surface area contributed by atoms with Crippen molar-refractivity contribution in [2.75, 3.05) is 6.26 Å². The molecule has 5 heteroatoms. The fraction of sp³-hybridized carbons (Fsp3) is 0.0714. The first-order valence-electron chi connectivity index (χ1n) is 5.75. The normalized spacial score (nSPS) is 10.6. The maximum atomic E-state index is 4.54. The van der Waals surface area contributed by atoms with Gasteiger partial charge in [0, 0.05) is 11.8 Å². The highest BCUT2D eigenvalue weighted by atomic mass is 32.2. The van der Waals surface area contributed by atoms with Crippen molar-refractivity contribution in [1.82, 2.24) is 15.0 Å². The van der Waals surface area contributed by atoms with Crippen LogP contribution in [-0.4, -0.2) is 21.2 Å². The Morgan fingerprint density at radius 1 is 1.05 bits per heavy atom. The fourth-order valence-corrected chi connectivity index (χ4v) is 2.93. The van der Waals surface area contributed by atoms with E-state index in [0.717, 1.165) is 27.0 Å². The van der Waals surface area contributed by atoms with Crippen molar-refractivity contribution in [3.05, 3.63) is 48.1 Å². The van der Waals surface area contributed by atoms with Crippen molar-refractivity contribution < 1.29 is 0 Å². The van der Waals surface area contributed by atoms with Crippen LogP contribution in [0.2, 0.25) is 0 Å². The minimum atomic E-state index is 0.782. The van der Waals surface area contributed by atoms with Gasteiger partial charge in [0.15, 0.2) is 5.16 Å². The van der Waals surface area contributed by atoms with E-state index in [9.17, 15) is 0 Å². The molecular formula is C14H11N3S2. The quantitative estimate of drug-likeness (QED) is 0.539. The first kappa shape index (κ1) is 12.3. The Bertz CT molecular complexity index is 680. The second-order valence-electron chi connectivity index (χ2n) is 3.82. The topological polar surface area (TPSA) is 38.7 Å². The third-order valence-electron chi connectivity index (χ3n) is 2.66. The first-order valence-corrected chi connectivity index (χ1v) is 7.85. The molecule has 0 aliphatic carbocycles. The summed E-state index contributed by atoms with van der Waals surface area (Å²) in [5.41, 5.74) is 4.89. The summed E-state index contributed by atoms with van der Waals surface area (Å²) in [6.07, 6.45) is 3.77. The van der Waals surface area contributed by atoms with Crippen LogP contribution in [0.5, 0.6) is 0 Å². The van der Waals surface area contributed by atoms with E-state index < -0.39 is 0 Å². The van der Waals surface area contributed by atoms with Gasteiger partial charge in [0.1, 0.15) is 0 Å². The standard InChI is InChI=1S/C14H11N3S2/c1-18-14-15-8-7-11(17-14)13-12(16-9-19-13)10-5-3-2-4-6-10/h2-9H,1H3. The number of aromatic nitrogens is 3. The third-order valence-corrected chi connectivity index (χ3v) is 4.07. The Hall–Kier alpha value is -1.72. The summed E-state index contributed by atoms with van der Waals surface area (Å²) < 4.78 is 0. The molecule has 19 heavy (non-hydrogen) atoms. The lowest BCUT2D eigenvalue weighted by Gasteiger charge is -2.03. The average Bonchev–Trinajstić information content (AvgIpc) is 2.98. The molecule has 0 radical (unpaired) electrons. The molecule has 0 amide bonds. The maximum absolute atomic E-state index is 4.54. The Labute approximate surface area is 119 Å². The number of benzene rings is 1. The molecule has 0 bridgehead atoms. The fourth-order valence-electron chi connectivity index (χ4n) is 1.80. The largest absolute Gasteiger partial charge is 0.244 e. The van der Waals surface area contributed by atoms with Crippen LogP contribution in [0.1, 0.15) is 0 Å². The third kappa shape index (κ3) is 2.52. The lowest BCUT2D eigenvalue weighted by molar-refractivity contribution is 0.978. The molecule has 94 valence electrons. The molecule has 3 nitrogen and oxygen atoms in total. The van der Waals surface area contributed by atoms with Gasteiger partial charge in [-0.25, -0.2) is 15.0 Å². The van der Waals surface area contributed by atoms with Gasteiger partial charge >= 0.3 is 0 Å². The van der Waals surface area contributed by atoms with Crippen molar-refractivity contribution in [3.63, 3.8) is 0 Å². The molecule has 0 N–H and O–H groups in total. The Morgan fingerprint density at radius 3 is 2.68 bits per heavy atom. The SMILES string of the molecule is CSc1nccc(-c2scnc2-c2ccccc2)n1. The number of hydrogen-bond donors (Lipinski definition) is 0. The van der Waals surface area contributed by atoms with E-state index in [1.807, 2.05) is 36.0 Å². The molecule has 1 aromatic carbocycles. The van der Waals surface area contributed by atoms with Crippen LogP contribution >= 0.6 is 23.1 Å². The summed E-state index contributed by atoms with van der Waals surface area (Å²) in [7, 11) is 0. The zero-order chi connectivity index (χ0) is 13.1. The summed E-state index contributed by atoms with van der Waals surface area (Å²) in [6.45, 7) is 0. The van der Waals surface area contributed by atoms with Gasteiger partial charge in [-0.05, 0) is 12.3 Å². The molecule has 2 aromatic heterocycles. The Kier molecular flexibility index (Phi) is 3.57. The molecule has 0 aliphatic heterocycles. The molecule has 0 fully saturated rings. The van der Waals surface area contributed by atoms with Gasteiger partial charge in [-0.2, -0.15) is 0 Å². The van der Waals surface area contributed by atoms with Gasteiger partial charge in [0.05, 0.1) is 21.8 Å². The monoisotopic (exact) mass is 285 g/mol. The lowest BCUT2D eigenvalue weighted by Crippen LogP contribution is -1.89. The lowest BCUT2D eigenvalue weighted by atomic mass is 10.1. The predicted molar refractivity (Wildman–Crippen MR) is 80.4 cm³/mol. The van der Waals surface area contributed by atoms with Gasteiger partial charge in [0.25, 0.3) is 0 Å². The predicted octanol–water partition coefficient (Wildman–Crippen LogP) is 3.99. The van der Waals surface area contributed by atoms with Gasteiger partial charge in [-0.1, -0.05) is 42.1 Å². The summed E-state index contributed by atoms with van der Waals surface area (Å²) >= 11 is 3.15. The minimum Gasteiger partial charge on any atom is -0.244 e. The van der Waals surface area contributed by atoms with Crippen molar-refractivity contribution >= 4 is 23.1 Å². The van der Waals surface area contributed by atoms with Crippen molar-refractivity contribution in [2.45, 2.75) is 5.16 Å². The number of rotatable bonds is 3. The van der Waals surface area contributed by atoms with Gasteiger partial charge in [0.2, 0.25) is 0 Å². The second-order valence-corrected chi connectivity index (χ2v) is 5.45. The van der Waals surface area contributed by atoms with Crippen LogP contribution in [0.15, 0.2) is 53.3 Å². The Balaban J connectivity index is 2.09. The van der Waals surface area contributed by atoms with Crippen LogP contribution in [0.25, 0.3) is 21.8 Å². The van der Waals surface area contributed by atoms with E-state index in [2.05, 4.69) is 27.1 Å². The highest BCUT2D eigenvalue weighted by molar-refractivity contribution is 7.98. The van der Waals surface area contributed by atoms with Crippen LogP contribution < -0.4 is 0 Å². The first-order chi connectivity index (χ1) is 9.38. The molecule has 0 saturated carbocycles. The minimum absolute atomic E-state index is 0.782. The molecule has 0 spiro atoms. The van der Waals surface area contributed by atoms with E-state index in [1.165, 1.54) is 0 Å². The van der Waals surface area contributed by atoms with Gasteiger partial charge in [-0.3, -0.25) is 0 Å².